The van der Waals surface area contributed by atoms with Crippen molar-refractivity contribution in [1.29, 1.82) is 0 Å². The molecule has 0 spiro atoms. The lowest BCUT2D eigenvalue weighted by Crippen LogP contribution is -2.37. The molecule has 0 aromatic heterocycles. The topological polar surface area (TPSA) is 49.4 Å². The molecular formula is C13H26N2O2. The van der Waals surface area contributed by atoms with E-state index in [4.69, 9.17) is 0 Å². The van der Waals surface area contributed by atoms with Crippen molar-refractivity contribution in [3.05, 3.63) is 0 Å². The Bertz CT molecular complexity index is 229. The molecular weight excluding hydrogens is 216 g/mol. The van der Waals surface area contributed by atoms with Crippen molar-refractivity contribution >= 4 is 11.8 Å². The van der Waals surface area contributed by atoms with E-state index in [1.807, 2.05) is 11.8 Å². The SMILES string of the molecule is CCCCCN(CCNC(=O)CCC)C(C)=O. The van der Waals surface area contributed by atoms with Crippen molar-refractivity contribution < 1.29 is 9.59 Å². The van der Waals surface area contributed by atoms with Gasteiger partial charge in [0.2, 0.25) is 11.8 Å². The molecule has 0 aromatic carbocycles. The average Bonchev–Trinajstić information content (AvgIpc) is 2.27. The summed E-state index contributed by atoms with van der Waals surface area (Å²) in [5, 5.41) is 2.83. The van der Waals surface area contributed by atoms with Crippen molar-refractivity contribution in [2.75, 3.05) is 19.6 Å². The lowest BCUT2D eigenvalue weighted by molar-refractivity contribution is -0.129. The minimum Gasteiger partial charge on any atom is -0.354 e. The smallest absolute Gasteiger partial charge is 0.220 e. The third-order valence-electron chi connectivity index (χ3n) is 2.66. The Hall–Kier alpha value is -1.06. The Balaban J connectivity index is 3.77. The molecule has 4 heteroatoms. The number of carbonyl (C=O) groups is 2. The van der Waals surface area contributed by atoms with E-state index in [1.54, 1.807) is 6.92 Å². The van der Waals surface area contributed by atoms with Crippen molar-refractivity contribution in [2.45, 2.75) is 52.9 Å². The highest BCUT2D eigenvalue weighted by molar-refractivity contribution is 5.76. The standard InChI is InChI=1S/C13H26N2O2/c1-4-6-7-10-15(12(3)16)11-9-14-13(17)8-5-2/h4-11H2,1-3H3,(H,14,17). The first kappa shape index (κ1) is 15.9. The second-order valence-corrected chi connectivity index (χ2v) is 4.31. The lowest BCUT2D eigenvalue weighted by atomic mass is 10.2. The van der Waals surface area contributed by atoms with E-state index in [9.17, 15) is 9.59 Å². The number of nitrogens with zero attached hydrogens (tertiary/aromatic N) is 1. The summed E-state index contributed by atoms with van der Waals surface area (Å²) in [6, 6.07) is 0. The molecule has 0 aliphatic heterocycles. The molecule has 0 unspecified atom stereocenters. The summed E-state index contributed by atoms with van der Waals surface area (Å²) >= 11 is 0. The summed E-state index contributed by atoms with van der Waals surface area (Å²) in [6.07, 6.45) is 4.76. The molecule has 0 rings (SSSR count). The second-order valence-electron chi connectivity index (χ2n) is 4.31. The summed E-state index contributed by atoms with van der Waals surface area (Å²) in [5.74, 6) is 0.162. The summed E-state index contributed by atoms with van der Waals surface area (Å²) in [7, 11) is 0. The molecule has 0 fully saturated rings. The van der Waals surface area contributed by atoms with Gasteiger partial charge >= 0.3 is 0 Å². The predicted octanol–water partition coefficient (Wildman–Crippen LogP) is 1.94. The number of unbranched alkanes of at least 4 members (excludes halogenated alkanes) is 2. The fourth-order valence-electron chi connectivity index (χ4n) is 1.63. The number of hydrogen-bond acceptors (Lipinski definition) is 2. The Morgan fingerprint density at radius 2 is 1.76 bits per heavy atom. The van der Waals surface area contributed by atoms with Crippen LogP contribution in [0.5, 0.6) is 0 Å². The van der Waals surface area contributed by atoms with Crippen LogP contribution in [0.1, 0.15) is 52.9 Å². The highest BCUT2D eigenvalue weighted by Crippen LogP contribution is 1.98. The van der Waals surface area contributed by atoms with Crippen LogP contribution < -0.4 is 5.32 Å². The van der Waals surface area contributed by atoms with Crippen LogP contribution in [0.25, 0.3) is 0 Å². The van der Waals surface area contributed by atoms with Crippen LogP contribution in [0.15, 0.2) is 0 Å². The zero-order valence-corrected chi connectivity index (χ0v) is 11.4. The minimum absolute atomic E-state index is 0.0737. The lowest BCUT2D eigenvalue weighted by Gasteiger charge is -2.21. The van der Waals surface area contributed by atoms with Crippen molar-refractivity contribution in [3.8, 4) is 0 Å². The van der Waals surface area contributed by atoms with E-state index in [1.165, 1.54) is 0 Å². The van der Waals surface area contributed by atoms with E-state index < -0.39 is 0 Å². The third-order valence-corrected chi connectivity index (χ3v) is 2.66. The molecule has 17 heavy (non-hydrogen) atoms. The van der Waals surface area contributed by atoms with Crippen LogP contribution in [0, 0.1) is 0 Å². The molecule has 0 saturated heterocycles. The molecule has 0 aliphatic rings. The minimum atomic E-state index is 0.0737. The van der Waals surface area contributed by atoms with Crippen LogP contribution in [0.4, 0.5) is 0 Å². The predicted molar refractivity (Wildman–Crippen MR) is 69.7 cm³/mol. The number of amides is 2. The van der Waals surface area contributed by atoms with Gasteiger partial charge in [-0.2, -0.15) is 0 Å². The first-order valence-electron chi connectivity index (χ1n) is 6.64. The number of rotatable bonds is 9. The van der Waals surface area contributed by atoms with E-state index in [2.05, 4.69) is 12.2 Å². The molecule has 0 heterocycles. The molecule has 0 aliphatic carbocycles. The molecule has 0 aromatic rings. The number of carbonyl (C=O) groups excluding carboxylic acids is 2. The van der Waals surface area contributed by atoms with Gasteiger partial charge in [0.05, 0.1) is 0 Å². The van der Waals surface area contributed by atoms with Crippen LogP contribution in [0.2, 0.25) is 0 Å². The summed E-state index contributed by atoms with van der Waals surface area (Å²) in [6.45, 7) is 7.68. The largest absolute Gasteiger partial charge is 0.354 e. The molecule has 0 saturated carbocycles. The van der Waals surface area contributed by atoms with E-state index in [-0.39, 0.29) is 11.8 Å². The maximum Gasteiger partial charge on any atom is 0.220 e. The first-order chi connectivity index (χ1) is 8.11. The zero-order chi connectivity index (χ0) is 13.1. The van der Waals surface area contributed by atoms with Gasteiger partial charge in [0, 0.05) is 33.0 Å². The van der Waals surface area contributed by atoms with Gasteiger partial charge in [-0.1, -0.05) is 26.7 Å². The summed E-state index contributed by atoms with van der Waals surface area (Å²) in [4.78, 5) is 24.4. The zero-order valence-electron chi connectivity index (χ0n) is 11.4. The molecule has 0 atom stereocenters. The van der Waals surface area contributed by atoms with Crippen LogP contribution in [0.3, 0.4) is 0 Å². The second kappa shape index (κ2) is 10.1. The molecule has 4 nitrogen and oxygen atoms in total. The molecule has 0 bridgehead atoms. The van der Waals surface area contributed by atoms with E-state index in [0.717, 1.165) is 32.2 Å². The molecule has 0 radical (unpaired) electrons. The number of nitrogens with one attached hydrogen (secondary N) is 1. The van der Waals surface area contributed by atoms with Gasteiger partial charge < -0.3 is 10.2 Å². The van der Waals surface area contributed by atoms with Gasteiger partial charge in [0.15, 0.2) is 0 Å². The maximum atomic E-state index is 11.4. The Morgan fingerprint density at radius 1 is 1.06 bits per heavy atom. The molecule has 1 N–H and O–H groups in total. The van der Waals surface area contributed by atoms with Crippen molar-refractivity contribution in [1.82, 2.24) is 10.2 Å². The van der Waals surface area contributed by atoms with Gasteiger partial charge in [-0.25, -0.2) is 0 Å². The third kappa shape index (κ3) is 8.72. The van der Waals surface area contributed by atoms with Gasteiger partial charge in [0.1, 0.15) is 0 Å². The van der Waals surface area contributed by atoms with Gasteiger partial charge in [-0.15, -0.1) is 0 Å². The fraction of sp³-hybridized carbons (Fsp3) is 0.846. The number of hydrogen-bond donors (Lipinski definition) is 1. The van der Waals surface area contributed by atoms with Gasteiger partial charge in [-0.05, 0) is 12.8 Å². The van der Waals surface area contributed by atoms with Crippen molar-refractivity contribution in [2.24, 2.45) is 0 Å². The molecule has 100 valence electrons. The van der Waals surface area contributed by atoms with E-state index >= 15 is 0 Å². The van der Waals surface area contributed by atoms with Crippen molar-refractivity contribution in [3.63, 3.8) is 0 Å². The van der Waals surface area contributed by atoms with Gasteiger partial charge in [0.25, 0.3) is 0 Å². The monoisotopic (exact) mass is 242 g/mol. The normalized spacial score (nSPS) is 10.1. The Morgan fingerprint density at radius 3 is 2.29 bits per heavy atom. The summed E-state index contributed by atoms with van der Waals surface area (Å²) < 4.78 is 0. The van der Waals surface area contributed by atoms with E-state index in [0.29, 0.717) is 19.5 Å². The van der Waals surface area contributed by atoms with Crippen LogP contribution in [-0.4, -0.2) is 36.3 Å². The van der Waals surface area contributed by atoms with Crippen LogP contribution >= 0.6 is 0 Å². The maximum absolute atomic E-state index is 11.4. The molecule has 2 amide bonds. The summed E-state index contributed by atoms with van der Waals surface area (Å²) in [5.41, 5.74) is 0. The van der Waals surface area contributed by atoms with Gasteiger partial charge in [-0.3, -0.25) is 9.59 Å². The quantitative estimate of drug-likeness (QED) is 0.628. The highest BCUT2D eigenvalue weighted by Gasteiger charge is 2.08. The Labute approximate surface area is 105 Å². The Kier molecular flexibility index (Phi) is 9.49. The van der Waals surface area contributed by atoms with Crippen LogP contribution in [-0.2, 0) is 9.59 Å². The fourth-order valence-corrected chi connectivity index (χ4v) is 1.63. The first-order valence-corrected chi connectivity index (χ1v) is 6.64. The average molecular weight is 242 g/mol. The highest BCUT2D eigenvalue weighted by atomic mass is 16.2.